The predicted molar refractivity (Wildman–Crippen MR) is 82.8 cm³/mol. The maximum atomic E-state index is 13.3. The highest BCUT2D eigenvalue weighted by Crippen LogP contribution is 2.20. The molecule has 0 aliphatic heterocycles. The second-order valence-corrected chi connectivity index (χ2v) is 5.52. The van der Waals surface area contributed by atoms with Gasteiger partial charge in [0.05, 0.1) is 0 Å². The first kappa shape index (κ1) is 15.0. The van der Waals surface area contributed by atoms with Gasteiger partial charge < -0.3 is 5.32 Å². The molecule has 20 heavy (non-hydrogen) atoms. The molecule has 1 unspecified atom stereocenters. The molecule has 0 aromatic heterocycles. The van der Waals surface area contributed by atoms with E-state index in [-0.39, 0.29) is 11.9 Å². The van der Waals surface area contributed by atoms with Gasteiger partial charge in [0.25, 0.3) is 0 Å². The van der Waals surface area contributed by atoms with Crippen LogP contribution in [0.25, 0.3) is 0 Å². The quantitative estimate of drug-likeness (QED) is 0.872. The Morgan fingerprint density at radius 1 is 1.10 bits per heavy atom. The molecule has 106 valence electrons. The highest BCUT2D eigenvalue weighted by Gasteiger charge is 2.11. The van der Waals surface area contributed by atoms with Crippen LogP contribution < -0.4 is 5.32 Å². The number of hydrogen-bond acceptors (Lipinski definition) is 1. The fourth-order valence-corrected chi connectivity index (χ4v) is 2.44. The Kier molecular flexibility index (Phi) is 5.16. The Morgan fingerprint density at radius 3 is 2.45 bits per heavy atom. The minimum absolute atomic E-state index is 0.233. The second kappa shape index (κ2) is 6.87. The Balaban J connectivity index is 2.08. The maximum Gasteiger partial charge on any atom is 0.123 e. The molecule has 3 heteroatoms. The van der Waals surface area contributed by atoms with Crippen molar-refractivity contribution in [1.82, 2.24) is 5.32 Å². The summed E-state index contributed by atoms with van der Waals surface area (Å²) >= 11 is 6.13. The molecule has 0 bridgehead atoms. The molecule has 0 saturated carbocycles. The molecule has 0 aliphatic carbocycles. The zero-order valence-electron chi connectivity index (χ0n) is 11.8. The number of nitrogens with one attached hydrogen (secondary N) is 1. The molecular weight excluding hydrogens is 273 g/mol. The minimum Gasteiger partial charge on any atom is -0.316 e. The summed E-state index contributed by atoms with van der Waals surface area (Å²) in [6.07, 6.45) is 1.60. The van der Waals surface area contributed by atoms with E-state index in [0.717, 1.165) is 12.0 Å². The van der Waals surface area contributed by atoms with Crippen molar-refractivity contribution >= 4 is 11.6 Å². The van der Waals surface area contributed by atoms with Crippen molar-refractivity contribution in [2.24, 2.45) is 0 Å². The Hall–Kier alpha value is -1.38. The summed E-state index contributed by atoms with van der Waals surface area (Å²) in [6.45, 7) is 2.08. The molecule has 0 heterocycles. The number of halogens is 2. The Morgan fingerprint density at radius 2 is 1.80 bits per heavy atom. The van der Waals surface area contributed by atoms with Crippen LogP contribution in [-0.4, -0.2) is 13.1 Å². The van der Waals surface area contributed by atoms with E-state index in [1.807, 2.05) is 7.05 Å². The topological polar surface area (TPSA) is 12.0 Å². The standard InChI is InChI=1S/C17H19ClFN/c1-12-3-5-13(6-4-12)9-16(20-2)11-14-10-15(19)7-8-17(14)18/h3-8,10,16,20H,9,11H2,1-2H3. The van der Waals surface area contributed by atoms with Gasteiger partial charge in [-0.3, -0.25) is 0 Å². The van der Waals surface area contributed by atoms with E-state index in [9.17, 15) is 4.39 Å². The van der Waals surface area contributed by atoms with Gasteiger partial charge in [0.15, 0.2) is 0 Å². The number of likely N-dealkylation sites (N-methyl/N-ethyl adjacent to an activating group) is 1. The average Bonchev–Trinajstić information content (AvgIpc) is 2.44. The molecular formula is C17H19ClFN. The van der Waals surface area contributed by atoms with E-state index in [2.05, 4.69) is 36.5 Å². The highest BCUT2D eigenvalue weighted by molar-refractivity contribution is 6.31. The van der Waals surface area contributed by atoms with Crippen LogP contribution in [0.1, 0.15) is 16.7 Å². The first-order valence-electron chi connectivity index (χ1n) is 6.75. The molecule has 0 saturated heterocycles. The summed E-state index contributed by atoms with van der Waals surface area (Å²) in [6, 6.07) is 13.2. The molecule has 0 fully saturated rings. The zero-order chi connectivity index (χ0) is 14.5. The van der Waals surface area contributed by atoms with Crippen molar-refractivity contribution in [2.45, 2.75) is 25.8 Å². The smallest absolute Gasteiger partial charge is 0.123 e. The Labute approximate surface area is 124 Å². The monoisotopic (exact) mass is 291 g/mol. The number of aryl methyl sites for hydroxylation is 1. The van der Waals surface area contributed by atoms with Crippen LogP contribution in [0, 0.1) is 12.7 Å². The lowest BCUT2D eigenvalue weighted by Gasteiger charge is -2.17. The third kappa shape index (κ3) is 4.06. The molecule has 0 radical (unpaired) electrons. The van der Waals surface area contributed by atoms with Crippen LogP contribution in [-0.2, 0) is 12.8 Å². The summed E-state index contributed by atoms with van der Waals surface area (Å²) in [5, 5.41) is 3.90. The van der Waals surface area contributed by atoms with E-state index < -0.39 is 0 Å². The summed E-state index contributed by atoms with van der Waals surface area (Å²) in [5.41, 5.74) is 3.36. The minimum atomic E-state index is -0.241. The van der Waals surface area contributed by atoms with Gasteiger partial charge in [-0.15, -0.1) is 0 Å². The van der Waals surface area contributed by atoms with Crippen molar-refractivity contribution in [2.75, 3.05) is 7.05 Å². The lowest BCUT2D eigenvalue weighted by atomic mass is 9.98. The molecule has 2 rings (SSSR count). The van der Waals surface area contributed by atoms with Gasteiger partial charge >= 0.3 is 0 Å². The molecule has 0 spiro atoms. The van der Waals surface area contributed by atoms with Crippen LogP contribution >= 0.6 is 11.6 Å². The molecule has 2 aromatic rings. The largest absolute Gasteiger partial charge is 0.316 e. The van der Waals surface area contributed by atoms with Crippen LogP contribution in [0.2, 0.25) is 5.02 Å². The predicted octanol–water partition coefficient (Wildman–Crippen LogP) is 4.16. The van der Waals surface area contributed by atoms with E-state index in [1.54, 1.807) is 6.07 Å². The summed E-state index contributed by atoms with van der Waals surface area (Å²) in [4.78, 5) is 0. The van der Waals surface area contributed by atoms with Gasteiger partial charge in [-0.25, -0.2) is 4.39 Å². The van der Waals surface area contributed by atoms with Crippen LogP contribution in [0.4, 0.5) is 4.39 Å². The second-order valence-electron chi connectivity index (χ2n) is 5.12. The fraction of sp³-hybridized carbons (Fsp3) is 0.294. The van der Waals surface area contributed by atoms with Crippen molar-refractivity contribution in [3.8, 4) is 0 Å². The number of hydrogen-bond donors (Lipinski definition) is 1. The SMILES string of the molecule is CNC(Cc1ccc(C)cc1)Cc1cc(F)ccc1Cl. The van der Waals surface area contributed by atoms with Gasteiger partial charge in [0.1, 0.15) is 5.82 Å². The summed E-state index contributed by atoms with van der Waals surface area (Å²) in [5.74, 6) is -0.241. The van der Waals surface area contributed by atoms with Gasteiger partial charge in [-0.05, 0) is 56.1 Å². The molecule has 0 aliphatic rings. The first-order valence-corrected chi connectivity index (χ1v) is 7.13. The van der Waals surface area contributed by atoms with Gasteiger partial charge in [0, 0.05) is 11.1 Å². The van der Waals surface area contributed by atoms with Crippen LogP contribution in [0.3, 0.4) is 0 Å². The van der Waals surface area contributed by atoms with Crippen molar-refractivity contribution in [1.29, 1.82) is 0 Å². The van der Waals surface area contributed by atoms with Crippen LogP contribution in [0.5, 0.6) is 0 Å². The average molecular weight is 292 g/mol. The highest BCUT2D eigenvalue weighted by atomic mass is 35.5. The number of rotatable bonds is 5. The Bertz CT molecular complexity index is 566. The zero-order valence-corrected chi connectivity index (χ0v) is 12.5. The number of benzene rings is 2. The van der Waals surface area contributed by atoms with E-state index in [1.165, 1.54) is 23.3 Å². The maximum absolute atomic E-state index is 13.3. The van der Waals surface area contributed by atoms with E-state index in [4.69, 9.17) is 11.6 Å². The normalized spacial score (nSPS) is 12.4. The van der Waals surface area contributed by atoms with Crippen molar-refractivity contribution < 1.29 is 4.39 Å². The molecule has 0 amide bonds. The van der Waals surface area contributed by atoms with E-state index >= 15 is 0 Å². The molecule has 1 atom stereocenters. The van der Waals surface area contributed by atoms with Gasteiger partial charge in [0.2, 0.25) is 0 Å². The van der Waals surface area contributed by atoms with Gasteiger partial charge in [-0.2, -0.15) is 0 Å². The van der Waals surface area contributed by atoms with Gasteiger partial charge in [-0.1, -0.05) is 41.4 Å². The van der Waals surface area contributed by atoms with Crippen molar-refractivity contribution in [3.63, 3.8) is 0 Å². The van der Waals surface area contributed by atoms with Crippen LogP contribution in [0.15, 0.2) is 42.5 Å². The lowest BCUT2D eigenvalue weighted by Crippen LogP contribution is -2.30. The first-order chi connectivity index (χ1) is 9.58. The third-order valence-corrected chi connectivity index (χ3v) is 3.85. The third-order valence-electron chi connectivity index (χ3n) is 3.49. The summed E-state index contributed by atoms with van der Waals surface area (Å²) < 4.78 is 13.3. The molecule has 1 nitrogen and oxygen atoms in total. The fourth-order valence-electron chi connectivity index (χ4n) is 2.25. The lowest BCUT2D eigenvalue weighted by molar-refractivity contribution is 0.553. The van der Waals surface area contributed by atoms with E-state index in [0.29, 0.717) is 11.4 Å². The molecule has 2 aromatic carbocycles. The van der Waals surface area contributed by atoms with Crippen molar-refractivity contribution in [3.05, 3.63) is 70.0 Å². The molecule has 1 N–H and O–H groups in total. The summed E-state index contributed by atoms with van der Waals surface area (Å²) in [7, 11) is 1.92.